The Bertz CT molecular complexity index is 2010. The highest BCUT2D eigenvalue weighted by Crippen LogP contribution is 2.76. The van der Waals surface area contributed by atoms with Gasteiger partial charge in [0.2, 0.25) is 0 Å². The summed E-state index contributed by atoms with van der Waals surface area (Å²) < 4.78 is 48.3. The zero-order valence-electron chi connectivity index (χ0n) is 46.5. The fourth-order valence-corrected chi connectivity index (χ4v) is 16.5. The minimum Gasteiger partial charge on any atom is -0.394 e. The molecule has 23 heteroatoms. The molecule has 15 N–H and O–H groups in total. The van der Waals surface area contributed by atoms with Gasteiger partial charge in [-0.3, -0.25) is 0 Å². The van der Waals surface area contributed by atoms with Crippen LogP contribution in [0.15, 0.2) is 11.6 Å². The molecule has 4 heterocycles. The van der Waals surface area contributed by atoms with Crippen LogP contribution in [0.5, 0.6) is 0 Å². The largest absolute Gasteiger partial charge is 0.394 e. The maximum absolute atomic E-state index is 12.8. The van der Waals surface area contributed by atoms with Gasteiger partial charge in [0.15, 0.2) is 25.2 Å². The molecule has 4 aliphatic carbocycles. The fraction of sp³-hybridized carbons (Fsp3) is 0.964. The summed E-state index contributed by atoms with van der Waals surface area (Å²) in [7, 11) is 0. The van der Waals surface area contributed by atoms with Crippen LogP contribution in [0.25, 0.3) is 0 Å². The van der Waals surface area contributed by atoms with Crippen molar-refractivity contribution >= 4 is 0 Å². The Balaban J connectivity index is 0.987. The van der Waals surface area contributed by atoms with Gasteiger partial charge in [0.1, 0.15) is 97.7 Å². The molecule has 78 heavy (non-hydrogen) atoms. The number of fused-ring (bicyclic) bond motifs is 5. The predicted octanol–water partition coefficient (Wildman–Crippen LogP) is -1.95. The number of allylic oxidation sites excluding steroid dienone is 2. The highest BCUT2D eigenvalue weighted by atomic mass is 16.8. The average molecular weight is 1120 g/mol. The van der Waals surface area contributed by atoms with Crippen molar-refractivity contribution in [1.29, 1.82) is 0 Å². The second kappa shape index (κ2) is 24.1. The van der Waals surface area contributed by atoms with Crippen molar-refractivity contribution < 1.29 is 114 Å². The smallest absolute Gasteiger partial charge is 0.187 e. The third-order valence-corrected chi connectivity index (χ3v) is 21.3. The third-order valence-electron chi connectivity index (χ3n) is 21.3. The van der Waals surface area contributed by atoms with Gasteiger partial charge in [-0.2, -0.15) is 0 Å². The van der Waals surface area contributed by atoms with E-state index in [0.29, 0.717) is 32.1 Å². The van der Waals surface area contributed by atoms with Crippen molar-refractivity contribution in [1.82, 2.24) is 0 Å². The van der Waals surface area contributed by atoms with E-state index in [1.165, 1.54) is 0 Å². The Kier molecular flexibility index (Phi) is 19.4. The molecule has 23 nitrogen and oxygen atoms in total. The van der Waals surface area contributed by atoms with Crippen LogP contribution in [0.4, 0.5) is 0 Å². The molecule has 4 saturated heterocycles. The van der Waals surface area contributed by atoms with Gasteiger partial charge in [0.05, 0.1) is 45.2 Å². The van der Waals surface area contributed by atoms with Crippen molar-refractivity contribution in [3.05, 3.63) is 11.6 Å². The van der Waals surface area contributed by atoms with Crippen LogP contribution in [-0.2, 0) is 37.9 Å². The summed E-state index contributed by atoms with van der Waals surface area (Å²) in [5.41, 5.74) is -0.870. The monoisotopic (exact) mass is 1120 g/mol. The van der Waals surface area contributed by atoms with Crippen LogP contribution in [0, 0.1) is 50.7 Å². The summed E-state index contributed by atoms with van der Waals surface area (Å²) in [5.74, 6) is -0.0638. The molecule has 452 valence electrons. The van der Waals surface area contributed by atoms with Crippen molar-refractivity contribution in [2.45, 2.75) is 248 Å². The Hall–Kier alpha value is -1.18. The minimum atomic E-state index is -1.81. The Morgan fingerprint density at radius 1 is 0.538 bits per heavy atom. The van der Waals surface area contributed by atoms with Crippen LogP contribution in [0.1, 0.15) is 113 Å². The van der Waals surface area contributed by atoms with Gasteiger partial charge >= 0.3 is 0 Å². The predicted molar refractivity (Wildman–Crippen MR) is 271 cm³/mol. The molecule has 30 atom stereocenters. The lowest BCUT2D eigenvalue weighted by atomic mass is 9.35. The zero-order valence-corrected chi connectivity index (χ0v) is 46.5. The molecule has 0 aromatic rings. The first kappa shape index (κ1) is 62.9. The van der Waals surface area contributed by atoms with Gasteiger partial charge in [0, 0.05) is 0 Å². The van der Waals surface area contributed by atoms with E-state index in [1.807, 2.05) is 13.8 Å². The molecular formula is C55H94O23. The molecule has 0 amide bonds. The van der Waals surface area contributed by atoms with Crippen LogP contribution >= 0.6 is 0 Å². The van der Waals surface area contributed by atoms with Crippen molar-refractivity contribution in [2.24, 2.45) is 50.7 Å². The normalized spacial score (nSPS) is 52.1. The molecule has 8 aliphatic rings. The van der Waals surface area contributed by atoms with E-state index >= 15 is 0 Å². The van der Waals surface area contributed by atoms with Crippen LogP contribution in [0.3, 0.4) is 0 Å². The molecule has 8 fully saturated rings. The zero-order chi connectivity index (χ0) is 57.4. The fourth-order valence-electron chi connectivity index (χ4n) is 16.5. The number of ether oxygens (including phenoxy) is 8. The first-order valence-corrected chi connectivity index (χ1v) is 28.3. The summed E-state index contributed by atoms with van der Waals surface area (Å²) in [4.78, 5) is 0. The number of hydrogen-bond donors (Lipinski definition) is 15. The molecule has 8 rings (SSSR count). The van der Waals surface area contributed by atoms with Crippen molar-refractivity contribution in [2.75, 3.05) is 33.0 Å². The molecule has 4 aliphatic heterocycles. The Labute approximate surface area is 457 Å². The van der Waals surface area contributed by atoms with Gasteiger partial charge in [0.25, 0.3) is 0 Å². The number of hydrogen-bond acceptors (Lipinski definition) is 23. The highest BCUT2D eigenvalue weighted by molar-refractivity contribution is 5.20. The van der Waals surface area contributed by atoms with Crippen LogP contribution in [0.2, 0.25) is 0 Å². The lowest BCUT2D eigenvalue weighted by molar-refractivity contribution is -0.378. The number of rotatable bonds is 17. The van der Waals surface area contributed by atoms with Gasteiger partial charge in [-0.05, 0) is 122 Å². The van der Waals surface area contributed by atoms with Crippen LogP contribution < -0.4 is 0 Å². The van der Waals surface area contributed by atoms with E-state index in [-0.39, 0.29) is 46.5 Å². The molecule has 0 aromatic heterocycles. The topological polar surface area (TPSA) is 377 Å². The van der Waals surface area contributed by atoms with E-state index in [4.69, 9.17) is 37.9 Å². The molecule has 14 unspecified atom stereocenters. The molecule has 0 bridgehead atoms. The molecule has 0 spiro atoms. The van der Waals surface area contributed by atoms with Gasteiger partial charge in [-0.25, -0.2) is 0 Å². The summed E-state index contributed by atoms with van der Waals surface area (Å²) in [6.07, 6.45) is -24.0. The molecule has 0 radical (unpaired) electrons. The van der Waals surface area contributed by atoms with E-state index in [9.17, 15) is 76.6 Å². The second-order valence-electron chi connectivity index (χ2n) is 26.3. The van der Waals surface area contributed by atoms with E-state index in [2.05, 4.69) is 47.6 Å². The Morgan fingerprint density at radius 2 is 1.04 bits per heavy atom. The molecular weight excluding hydrogens is 1030 g/mol. The van der Waals surface area contributed by atoms with Gasteiger partial charge in [-0.15, -0.1) is 0 Å². The molecule has 4 saturated carbocycles. The minimum absolute atomic E-state index is 0.0567. The molecule has 0 aromatic carbocycles. The number of aliphatic hydroxyl groups excluding tert-OH is 15. The lowest BCUT2D eigenvalue weighted by Crippen LogP contribution is -2.67. The van der Waals surface area contributed by atoms with Gasteiger partial charge < -0.3 is 114 Å². The van der Waals surface area contributed by atoms with Crippen molar-refractivity contribution in [3.63, 3.8) is 0 Å². The highest BCUT2D eigenvalue weighted by Gasteiger charge is 2.72. The lowest BCUT2D eigenvalue weighted by Gasteiger charge is -2.71. The maximum atomic E-state index is 12.8. The summed E-state index contributed by atoms with van der Waals surface area (Å²) in [6.45, 7) is 15.1. The van der Waals surface area contributed by atoms with E-state index in [0.717, 1.165) is 31.3 Å². The maximum Gasteiger partial charge on any atom is 0.187 e. The number of aliphatic hydroxyl groups is 15. The third kappa shape index (κ3) is 11.1. The standard InChI is InChI=1S/C55H94O23/c1-24(2)10-9-14-52(5,23-72-48-44(69)41(66)38(63)30(76-48)22-71-47-43(68)39(64)35(60)27(19-56)73-47)25-11-16-55(8)34(25)26(59)18-32-53(6)15-13-33(51(3,4)31(53)12-17-54(32,55)7)77-50-46(42(67)37(62)29(21-58)75-50)78-49-45(70)40(65)36(61)28(20-57)74-49/h10,25-50,56-70H,9,11-23H2,1-8H3/t25?,26?,27?,28?,29?,30?,31?,32?,33?,34?,35-,36-,37-,38-,39-,40-,41-,42-,43?,44?,45?,46?,47+,48+,49-,50-,52+,53-,54+,55-/m0/s1. The van der Waals surface area contributed by atoms with Crippen molar-refractivity contribution in [3.8, 4) is 0 Å². The van der Waals surface area contributed by atoms with E-state index < -0.39 is 172 Å². The second-order valence-corrected chi connectivity index (χ2v) is 26.3. The first-order valence-electron chi connectivity index (χ1n) is 28.3. The summed E-state index contributed by atoms with van der Waals surface area (Å²) in [5, 5.41) is 161. The Morgan fingerprint density at radius 3 is 1.62 bits per heavy atom. The first-order chi connectivity index (χ1) is 36.5. The summed E-state index contributed by atoms with van der Waals surface area (Å²) >= 11 is 0. The SMILES string of the molecule is CC(C)=CCC[C@](C)(CO[C@@H]1OC(CO[C@@H]2OC(CO)[C@H](O)[C@H](O)C2O)[C@H](O)[C@H](O)C1O)C1CC[C@@]2(C)C1C(O)CC1[C@@]3(C)CCC(O[C@@H]4OC(CO)[C@H](O)[C@H](O)C4O[C@@H]4OC(CO)[C@H](O)[C@H](O)C4O)C(C)(C)C3CC[C@]12C. The van der Waals surface area contributed by atoms with E-state index in [1.54, 1.807) is 0 Å². The quantitative estimate of drug-likeness (QED) is 0.0556. The average Bonchev–Trinajstić information content (AvgIpc) is 3.88. The summed E-state index contributed by atoms with van der Waals surface area (Å²) in [6, 6.07) is 0. The van der Waals surface area contributed by atoms with Gasteiger partial charge in [-0.1, -0.05) is 53.2 Å². The van der Waals surface area contributed by atoms with Crippen LogP contribution in [-0.4, -0.2) is 245 Å².